The van der Waals surface area contributed by atoms with Gasteiger partial charge in [0.1, 0.15) is 12.6 Å². The largest absolute Gasteiger partial charge is 0.350 e. The van der Waals surface area contributed by atoms with Gasteiger partial charge < -0.3 is 10.2 Å². The molecule has 10 heteroatoms. The molecule has 3 rings (SSSR count). The Bertz CT molecular complexity index is 1470. The van der Waals surface area contributed by atoms with E-state index in [1.165, 1.54) is 23.1 Å². The zero-order chi connectivity index (χ0) is 29.8. The van der Waals surface area contributed by atoms with Gasteiger partial charge in [0.05, 0.1) is 10.6 Å². The van der Waals surface area contributed by atoms with Gasteiger partial charge in [-0.2, -0.15) is 0 Å². The molecular weight excluding hydrogens is 614 g/mol. The molecule has 0 fully saturated rings. The predicted octanol–water partition coefficient (Wildman–Crippen LogP) is 6.25. The summed E-state index contributed by atoms with van der Waals surface area (Å²) in [5, 5.41) is 3.26. The summed E-state index contributed by atoms with van der Waals surface area (Å²) in [5.41, 5.74) is 2.09. The van der Waals surface area contributed by atoms with Crippen molar-refractivity contribution in [2.75, 3.05) is 10.8 Å². The van der Waals surface area contributed by atoms with Crippen LogP contribution in [0.25, 0.3) is 0 Å². The fraction of sp³-hybridized carbons (Fsp3) is 0.333. The lowest BCUT2D eigenvalue weighted by Crippen LogP contribution is -2.54. The Balaban J connectivity index is 2.08. The standard InChI is InChI=1S/C30H35BrClN3O4S/c1-20-7-15-26(16-8-20)40(38,39)35(27-17-25(32)14-9-21(27)2)19-28(36)34(18-23-10-12-24(31)13-11-23)22(3)29(37)33-30(4,5)6/h7-17,22H,18-19H2,1-6H3,(H,33,37). The summed E-state index contributed by atoms with van der Waals surface area (Å²) in [6.45, 7) is 10.4. The molecule has 0 saturated carbocycles. The van der Waals surface area contributed by atoms with Crippen molar-refractivity contribution in [3.63, 3.8) is 0 Å². The number of aryl methyl sites for hydroxylation is 2. The molecule has 1 atom stereocenters. The Morgan fingerprint density at radius 2 is 1.57 bits per heavy atom. The number of nitrogens with one attached hydrogen (secondary N) is 1. The molecule has 2 amide bonds. The minimum absolute atomic E-state index is 0.0447. The number of amides is 2. The highest BCUT2D eigenvalue weighted by atomic mass is 79.9. The highest BCUT2D eigenvalue weighted by Crippen LogP contribution is 2.30. The third-order valence-corrected chi connectivity index (χ3v) is 8.80. The molecule has 0 saturated heterocycles. The lowest BCUT2D eigenvalue weighted by Gasteiger charge is -2.34. The van der Waals surface area contributed by atoms with E-state index in [0.717, 1.165) is 19.9 Å². The summed E-state index contributed by atoms with van der Waals surface area (Å²) in [4.78, 5) is 28.7. The van der Waals surface area contributed by atoms with Crippen LogP contribution in [0.1, 0.15) is 44.4 Å². The first kappa shape index (κ1) is 31.6. The number of halogens is 2. The number of carbonyl (C=O) groups is 2. The average Bonchev–Trinajstić information content (AvgIpc) is 2.87. The molecule has 0 bridgehead atoms. The van der Waals surface area contributed by atoms with Crippen LogP contribution < -0.4 is 9.62 Å². The number of hydrogen-bond donors (Lipinski definition) is 1. The van der Waals surface area contributed by atoms with Crippen molar-refractivity contribution in [2.45, 2.75) is 64.6 Å². The average molecular weight is 649 g/mol. The van der Waals surface area contributed by atoms with Crippen molar-refractivity contribution in [2.24, 2.45) is 0 Å². The third-order valence-electron chi connectivity index (χ3n) is 6.26. The summed E-state index contributed by atoms with van der Waals surface area (Å²) in [6.07, 6.45) is 0. The molecule has 214 valence electrons. The fourth-order valence-corrected chi connectivity index (χ4v) is 5.95. The SMILES string of the molecule is Cc1ccc(S(=O)(=O)N(CC(=O)N(Cc2ccc(Br)cc2)C(C)C(=O)NC(C)(C)C)c2cc(Cl)ccc2C)cc1. The summed E-state index contributed by atoms with van der Waals surface area (Å²) in [5.74, 6) is -0.876. The second kappa shape index (κ2) is 12.7. The molecular formula is C30H35BrClN3O4S. The first-order chi connectivity index (χ1) is 18.6. The van der Waals surface area contributed by atoms with Crippen LogP contribution in [0.4, 0.5) is 5.69 Å². The van der Waals surface area contributed by atoms with Gasteiger partial charge in [-0.1, -0.05) is 63.4 Å². The van der Waals surface area contributed by atoms with Gasteiger partial charge in [-0.05, 0) is 89.1 Å². The highest BCUT2D eigenvalue weighted by molar-refractivity contribution is 9.10. The van der Waals surface area contributed by atoms with Crippen LogP contribution >= 0.6 is 27.5 Å². The van der Waals surface area contributed by atoms with E-state index in [4.69, 9.17) is 11.6 Å². The molecule has 40 heavy (non-hydrogen) atoms. The number of carbonyl (C=O) groups excluding carboxylic acids is 2. The molecule has 1 N–H and O–H groups in total. The first-order valence-corrected chi connectivity index (χ1v) is 15.4. The van der Waals surface area contributed by atoms with Crippen molar-refractivity contribution in [3.05, 3.63) is 92.9 Å². The van der Waals surface area contributed by atoms with Gasteiger partial charge in [0, 0.05) is 21.6 Å². The Kier molecular flexibility index (Phi) is 10.1. The van der Waals surface area contributed by atoms with Gasteiger partial charge >= 0.3 is 0 Å². The number of hydrogen-bond acceptors (Lipinski definition) is 4. The van der Waals surface area contributed by atoms with Crippen molar-refractivity contribution in [1.29, 1.82) is 0 Å². The quantitative estimate of drug-likeness (QED) is 0.297. The van der Waals surface area contributed by atoms with Crippen LogP contribution in [0.15, 0.2) is 76.1 Å². The van der Waals surface area contributed by atoms with Crippen LogP contribution in [-0.4, -0.2) is 43.3 Å². The van der Waals surface area contributed by atoms with Gasteiger partial charge in [0.15, 0.2) is 0 Å². The summed E-state index contributed by atoms with van der Waals surface area (Å²) >= 11 is 9.69. The van der Waals surface area contributed by atoms with Crippen LogP contribution in [0.2, 0.25) is 5.02 Å². The van der Waals surface area contributed by atoms with Crippen LogP contribution in [-0.2, 0) is 26.2 Å². The maximum absolute atomic E-state index is 14.0. The highest BCUT2D eigenvalue weighted by Gasteiger charge is 2.34. The number of nitrogens with zero attached hydrogens (tertiary/aromatic N) is 2. The summed E-state index contributed by atoms with van der Waals surface area (Å²) < 4.78 is 29.9. The molecule has 0 aliphatic rings. The number of sulfonamides is 1. The zero-order valence-electron chi connectivity index (χ0n) is 23.5. The second-order valence-electron chi connectivity index (χ2n) is 10.8. The van der Waals surface area contributed by atoms with E-state index in [9.17, 15) is 18.0 Å². The van der Waals surface area contributed by atoms with Gasteiger partial charge in [-0.3, -0.25) is 13.9 Å². The van der Waals surface area contributed by atoms with E-state index in [2.05, 4.69) is 21.2 Å². The molecule has 0 aromatic heterocycles. The Labute approximate surface area is 250 Å². The fourth-order valence-electron chi connectivity index (χ4n) is 4.05. The van der Waals surface area contributed by atoms with Crippen LogP contribution in [0.5, 0.6) is 0 Å². The van der Waals surface area contributed by atoms with Gasteiger partial charge in [-0.15, -0.1) is 0 Å². The number of benzene rings is 3. The van der Waals surface area contributed by atoms with E-state index in [-0.39, 0.29) is 23.0 Å². The lowest BCUT2D eigenvalue weighted by molar-refractivity contribution is -0.140. The van der Waals surface area contributed by atoms with E-state index >= 15 is 0 Å². The minimum Gasteiger partial charge on any atom is -0.350 e. The first-order valence-electron chi connectivity index (χ1n) is 12.8. The number of rotatable bonds is 9. The Hall–Kier alpha value is -2.88. The Morgan fingerprint density at radius 1 is 0.975 bits per heavy atom. The maximum Gasteiger partial charge on any atom is 0.264 e. The third kappa shape index (κ3) is 8.08. The van der Waals surface area contributed by atoms with E-state index < -0.39 is 34.1 Å². The molecule has 1 unspecified atom stereocenters. The van der Waals surface area contributed by atoms with Crippen molar-refractivity contribution < 1.29 is 18.0 Å². The van der Waals surface area contributed by atoms with Gasteiger partial charge in [0.25, 0.3) is 10.0 Å². The van der Waals surface area contributed by atoms with Crippen molar-refractivity contribution in [1.82, 2.24) is 10.2 Å². The minimum atomic E-state index is -4.17. The molecule has 7 nitrogen and oxygen atoms in total. The monoisotopic (exact) mass is 647 g/mol. The summed E-state index contributed by atoms with van der Waals surface area (Å²) in [6, 6.07) is 17.9. The maximum atomic E-state index is 14.0. The van der Waals surface area contributed by atoms with Gasteiger partial charge in [-0.25, -0.2) is 8.42 Å². The van der Waals surface area contributed by atoms with Crippen LogP contribution in [0.3, 0.4) is 0 Å². The summed E-state index contributed by atoms with van der Waals surface area (Å²) in [7, 11) is -4.17. The molecule has 0 heterocycles. The van der Waals surface area contributed by atoms with Crippen molar-refractivity contribution >= 4 is 55.1 Å². The molecule has 3 aromatic rings. The smallest absolute Gasteiger partial charge is 0.264 e. The molecule has 0 spiro atoms. The molecule has 0 radical (unpaired) electrons. The second-order valence-corrected chi connectivity index (χ2v) is 14.0. The lowest BCUT2D eigenvalue weighted by atomic mass is 10.1. The molecule has 0 aliphatic carbocycles. The van der Waals surface area contributed by atoms with E-state index in [1.54, 1.807) is 38.1 Å². The molecule has 0 aliphatic heterocycles. The van der Waals surface area contributed by atoms with Crippen LogP contribution in [0, 0.1) is 13.8 Å². The molecule has 3 aromatic carbocycles. The normalized spacial score (nSPS) is 12.5. The Morgan fingerprint density at radius 3 is 2.15 bits per heavy atom. The number of anilines is 1. The van der Waals surface area contributed by atoms with Crippen molar-refractivity contribution in [3.8, 4) is 0 Å². The topological polar surface area (TPSA) is 86.8 Å². The van der Waals surface area contributed by atoms with Gasteiger partial charge in [0.2, 0.25) is 11.8 Å². The van der Waals surface area contributed by atoms with E-state index in [0.29, 0.717) is 10.6 Å². The predicted molar refractivity (Wildman–Crippen MR) is 164 cm³/mol. The zero-order valence-corrected chi connectivity index (χ0v) is 26.7. The van der Waals surface area contributed by atoms with E-state index in [1.807, 2.05) is 52.0 Å².